The predicted octanol–water partition coefficient (Wildman–Crippen LogP) is 1.97. The van der Waals surface area contributed by atoms with Crippen LogP contribution in [0, 0.1) is 0 Å². The number of rotatable bonds is 3. The van der Waals surface area contributed by atoms with Crippen molar-refractivity contribution in [3.63, 3.8) is 0 Å². The van der Waals surface area contributed by atoms with Gasteiger partial charge in [-0.3, -0.25) is 0 Å². The van der Waals surface area contributed by atoms with Gasteiger partial charge in [-0.15, -0.1) is 30.6 Å². The number of piperidine rings is 1. The van der Waals surface area contributed by atoms with Gasteiger partial charge in [0.15, 0.2) is 17.1 Å². The molecule has 0 aromatic carbocycles. The summed E-state index contributed by atoms with van der Waals surface area (Å²) in [6.45, 7) is 1.21. The van der Waals surface area contributed by atoms with Crippen LogP contribution in [0.3, 0.4) is 0 Å². The number of alkyl halides is 3. The predicted molar refractivity (Wildman–Crippen MR) is 97.3 cm³/mol. The maximum Gasteiger partial charge on any atom is 0.453 e. The summed E-state index contributed by atoms with van der Waals surface area (Å²) in [6, 6.07) is 6.65. The molecule has 0 unspecified atom stereocenters. The molecule has 30 heavy (non-hydrogen) atoms. The van der Waals surface area contributed by atoms with E-state index in [1.54, 1.807) is 29.8 Å². The molecule has 1 aliphatic heterocycles. The molecule has 0 N–H and O–H groups in total. The first-order chi connectivity index (χ1) is 14.4. The Labute approximate surface area is 167 Å². The van der Waals surface area contributed by atoms with Gasteiger partial charge in [-0.05, 0) is 31.0 Å². The van der Waals surface area contributed by atoms with Crippen molar-refractivity contribution in [2.45, 2.75) is 24.9 Å². The van der Waals surface area contributed by atoms with Crippen LogP contribution in [0.5, 0.6) is 5.88 Å². The van der Waals surface area contributed by atoms with E-state index in [0.29, 0.717) is 30.4 Å². The third-order valence-corrected chi connectivity index (χ3v) is 5.16. The van der Waals surface area contributed by atoms with Crippen molar-refractivity contribution in [1.82, 2.24) is 39.6 Å². The first kappa shape index (κ1) is 18.5. The molecular weight excluding hydrogens is 403 g/mol. The Morgan fingerprint density at radius 3 is 2.33 bits per heavy atom. The Morgan fingerprint density at radius 2 is 1.60 bits per heavy atom. The zero-order valence-corrected chi connectivity index (χ0v) is 15.8. The Hall–Kier alpha value is -3.51. The summed E-state index contributed by atoms with van der Waals surface area (Å²) >= 11 is 0. The molecule has 13 heteroatoms. The van der Waals surface area contributed by atoms with Gasteiger partial charge in [-0.1, -0.05) is 0 Å². The van der Waals surface area contributed by atoms with Crippen molar-refractivity contribution in [3.05, 3.63) is 35.9 Å². The summed E-state index contributed by atoms with van der Waals surface area (Å²) < 4.78 is 46.9. The lowest BCUT2D eigenvalue weighted by molar-refractivity contribution is -0.146. The molecule has 0 aliphatic carbocycles. The van der Waals surface area contributed by atoms with Crippen LogP contribution in [-0.2, 0) is 6.18 Å². The van der Waals surface area contributed by atoms with E-state index < -0.39 is 12.0 Å². The second-order valence-electron chi connectivity index (χ2n) is 6.95. The van der Waals surface area contributed by atoms with Crippen molar-refractivity contribution in [3.8, 4) is 5.88 Å². The summed E-state index contributed by atoms with van der Waals surface area (Å²) in [5.41, 5.74) is 0.684. The molecule has 5 rings (SSSR count). The van der Waals surface area contributed by atoms with E-state index in [0.717, 1.165) is 23.2 Å². The standard InChI is InChI=1S/C17H16F3N9O/c1-30-14-5-4-11-21-23-15(28(11)26-14)10-6-8-27(9-7-10)13-3-2-12-22-24-16(17(18,19)20)29(12)25-13/h2-5,10H,6-9H2,1H3. The summed E-state index contributed by atoms with van der Waals surface area (Å²) in [6.07, 6.45) is -3.16. The van der Waals surface area contributed by atoms with Gasteiger partial charge < -0.3 is 9.64 Å². The second kappa shape index (κ2) is 6.78. The molecule has 10 nitrogen and oxygen atoms in total. The van der Waals surface area contributed by atoms with E-state index in [-0.39, 0.29) is 11.6 Å². The van der Waals surface area contributed by atoms with Gasteiger partial charge in [-0.2, -0.15) is 22.2 Å². The van der Waals surface area contributed by atoms with Crippen LogP contribution < -0.4 is 9.64 Å². The summed E-state index contributed by atoms with van der Waals surface area (Å²) in [5, 5.41) is 23.7. The lowest BCUT2D eigenvalue weighted by Crippen LogP contribution is -2.34. The summed E-state index contributed by atoms with van der Waals surface area (Å²) in [7, 11) is 1.54. The van der Waals surface area contributed by atoms with E-state index in [2.05, 4.69) is 30.6 Å². The highest BCUT2D eigenvalue weighted by atomic mass is 19.4. The van der Waals surface area contributed by atoms with Crippen LogP contribution in [0.15, 0.2) is 24.3 Å². The number of methoxy groups -OCH3 is 1. The van der Waals surface area contributed by atoms with Gasteiger partial charge in [0.2, 0.25) is 5.88 Å². The number of hydrogen-bond acceptors (Lipinski definition) is 8. The van der Waals surface area contributed by atoms with Crippen molar-refractivity contribution >= 4 is 17.1 Å². The molecule has 1 saturated heterocycles. The largest absolute Gasteiger partial charge is 0.480 e. The fourth-order valence-corrected chi connectivity index (χ4v) is 3.64. The van der Waals surface area contributed by atoms with Crippen molar-refractivity contribution in [2.75, 3.05) is 25.1 Å². The number of fused-ring (bicyclic) bond motifs is 2. The highest BCUT2D eigenvalue weighted by Gasteiger charge is 2.38. The highest BCUT2D eigenvalue weighted by Crippen LogP contribution is 2.31. The molecule has 4 aromatic rings. The molecule has 1 aliphatic rings. The Morgan fingerprint density at radius 1 is 0.900 bits per heavy atom. The number of anilines is 1. The maximum absolute atomic E-state index is 13.1. The Balaban J connectivity index is 1.37. The van der Waals surface area contributed by atoms with Gasteiger partial charge in [-0.25, -0.2) is 0 Å². The minimum absolute atomic E-state index is 0.0518. The first-order valence-corrected chi connectivity index (χ1v) is 9.25. The second-order valence-corrected chi connectivity index (χ2v) is 6.95. The summed E-state index contributed by atoms with van der Waals surface area (Å²) in [4.78, 5) is 1.94. The number of ether oxygens (including phenoxy) is 1. The quantitative estimate of drug-likeness (QED) is 0.497. The normalized spacial score (nSPS) is 15.9. The van der Waals surface area contributed by atoms with Gasteiger partial charge in [0.1, 0.15) is 5.82 Å². The van der Waals surface area contributed by atoms with E-state index in [4.69, 9.17) is 4.74 Å². The van der Waals surface area contributed by atoms with Crippen LogP contribution in [0.2, 0.25) is 0 Å². The SMILES string of the molecule is COc1ccc2nnc(C3CCN(c4ccc5nnc(C(F)(F)F)n5n4)CC3)n2n1. The third-order valence-electron chi connectivity index (χ3n) is 5.16. The van der Waals surface area contributed by atoms with Gasteiger partial charge in [0.25, 0.3) is 5.82 Å². The summed E-state index contributed by atoms with van der Waals surface area (Å²) in [5.74, 6) is 0.625. The Kier molecular flexibility index (Phi) is 4.18. The number of hydrogen-bond donors (Lipinski definition) is 0. The van der Waals surface area contributed by atoms with E-state index in [1.807, 2.05) is 4.90 Å². The van der Waals surface area contributed by atoms with E-state index >= 15 is 0 Å². The molecular formula is C17H16F3N9O. The average Bonchev–Trinajstić information content (AvgIpc) is 3.37. The van der Waals surface area contributed by atoms with Crippen molar-refractivity contribution in [1.29, 1.82) is 0 Å². The molecule has 0 bridgehead atoms. The molecule has 0 saturated carbocycles. The van der Waals surface area contributed by atoms with E-state index in [1.165, 1.54) is 6.07 Å². The topological polar surface area (TPSA) is 98.6 Å². The van der Waals surface area contributed by atoms with Gasteiger partial charge in [0.05, 0.1) is 7.11 Å². The average molecular weight is 419 g/mol. The zero-order valence-electron chi connectivity index (χ0n) is 15.8. The zero-order chi connectivity index (χ0) is 20.9. The molecule has 0 spiro atoms. The minimum Gasteiger partial charge on any atom is -0.480 e. The first-order valence-electron chi connectivity index (χ1n) is 9.25. The van der Waals surface area contributed by atoms with Crippen LogP contribution >= 0.6 is 0 Å². The monoisotopic (exact) mass is 419 g/mol. The highest BCUT2D eigenvalue weighted by molar-refractivity contribution is 5.46. The molecule has 156 valence electrons. The molecule has 0 amide bonds. The minimum atomic E-state index is -4.62. The number of nitrogens with zero attached hydrogens (tertiary/aromatic N) is 9. The molecule has 4 aromatic heterocycles. The third kappa shape index (κ3) is 3.06. The molecule has 0 radical (unpaired) electrons. The fraction of sp³-hybridized carbons (Fsp3) is 0.412. The molecule has 0 atom stereocenters. The van der Waals surface area contributed by atoms with Crippen LogP contribution in [-0.4, -0.2) is 59.8 Å². The van der Waals surface area contributed by atoms with Crippen molar-refractivity contribution < 1.29 is 17.9 Å². The van der Waals surface area contributed by atoms with Crippen LogP contribution in [0.4, 0.5) is 19.0 Å². The number of aromatic nitrogens is 8. The lowest BCUT2D eigenvalue weighted by Gasteiger charge is -2.31. The lowest BCUT2D eigenvalue weighted by atomic mass is 9.96. The van der Waals surface area contributed by atoms with Gasteiger partial charge in [0, 0.05) is 25.1 Å². The maximum atomic E-state index is 13.1. The smallest absolute Gasteiger partial charge is 0.453 e. The molecule has 1 fully saturated rings. The Bertz CT molecular complexity index is 1210. The van der Waals surface area contributed by atoms with Crippen LogP contribution in [0.1, 0.15) is 30.4 Å². The molecule has 5 heterocycles. The van der Waals surface area contributed by atoms with E-state index in [9.17, 15) is 13.2 Å². The van der Waals surface area contributed by atoms with Gasteiger partial charge >= 0.3 is 6.18 Å². The van der Waals surface area contributed by atoms with Crippen LogP contribution in [0.25, 0.3) is 11.3 Å². The fourth-order valence-electron chi connectivity index (χ4n) is 3.64. The number of halogens is 3. The van der Waals surface area contributed by atoms with Crippen molar-refractivity contribution in [2.24, 2.45) is 0 Å².